The van der Waals surface area contributed by atoms with Crippen molar-refractivity contribution >= 4 is 0 Å². The van der Waals surface area contributed by atoms with Gasteiger partial charge in [-0.2, -0.15) is 0 Å². The van der Waals surface area contributed by atoms with E-state index in [1.807, 2.05) is 0 Å². The van der Waals surface area contributed by atoms with Gasteiger partial charge in [-0.15, -0.1) is 0 Å². The number of hydrogen-bond acceptors (Lipinski definition) is 4. The van der Waals surface area contributed by atoms with E-state index in [0.29, 0.717) is 12.6 Å². The molecule has 0 aromatic carbocycles. The Bertz CT molecular complexity index is 244. The zero-order valence-electron chi connectivity index (χ0n) is 13.2. The van der Waals surface area contributed by atoms with E-state index in [1.165, 1.54) is 32.1 Å². The first kappa shape index (κ1) is 16.9. The van der Waals surface area contributed by atoms with Crippen LogP contribution >= 0.6 is 0 Å². The predicted octanol–water partition coefficient (Wildman–Crippen LogP) is 2.37. The quantitative estimate of drug-likeness (QED) is 0.689. The predicted molar refractivity (Wildman–Crippen MR) is 79.1 cm³/mol. The molecule has 0 aromatic rings. The molecule has 0 aromatic heterocycles. The minimum Gasteiger partial charge on any atom is -0.356 e. The molecule has 4 nitrogen and oxygen atoms in total. The number of ether oxygens (including phenoxy) is 2. The standard InChI is InChI=1S/C15H32N2O2/c1-5-8-13-9-6-7-10-17(13)15(2,12-16)11-14(18-3)19-4/h13-14H,5-12,16H2,1-4H3. The van der Waals surface area contributed by atoms with Gasteiger partial charge in [-0.05, 0) is 32.7 Å². The zero-order valence-corrected chi connectivity index (χ0v) is 13.2. The van der Waals surface area contributed by atoms with Gasteiger partial charge in [-0.3, -0.25) is 4.90 Å². The lowest BCUT2D eigenvalue weighted by Crippen LogP contribution is -2.59. The van der Waals surface area contributed by atoms with Crippen molar-refractivity contribution in [2.75, 3.05) is 27.3 Å². The van der Waals surface area contributed by atoms with Gasteiger partial charge < -0.3 is 15.2 Å². The Balaban J connectivity index is 2.78. The molecule has 0 amide bonds. The van der Waals surface area contributed by atoms with Crippen molar-refractivity contribution < 1.29 is 9.47 Å². The summed E-state index contributed by atoms with van der Waals surface area (Å²) in [5.74, 6) is 0. The average molecular weight is 272 g/mol. The van der Waals surface area contributed by atoms with Crippen LogP contribution in [0.15, 0.2) is 0 Å². The molecule has 2 unspecified atom stereocenters. The lowest BCUT2D eigenvalue weighted by molar-refractivity contribution is -0.134. The van der Waals surface area contributed by atoms with Gasteiger partial charge in [0, 0.05) is 38.8 Å². The molecule has 1 aliphatic heterocycles. The Hall–Kier alpha value is -0.160. The number of hydrogen-bond donors (Lipinski definition) is 1. The largest absolute Gasteiger partial charge is 0.356 e. The summed E-state index contributed by atoms with van der Waals surface area (Å²) in [6.45, 7) is 6.32. The summed E-state index contributed by atoms with van der Waals surface area (Å²) in [4.78, 5) is 2.62. The number of piperidine rings is 1. The summed E-state index contributed by atoms with van der Waals surface area (Å²) in [6.07, 6.45) is 7.09. The lowest BCUT2D eigenvalue weighted by atomic mass is 9.87. The number of rotatable bonds is 8. The van der Waals surface area contributed by atoms with Gasteiger partial charge in [0.15, 0.2) is 6.29 Å². The molecule has 114 valence electrons. The van der Waals surface area contributed by atoms with E-state index in [9.17, 15) is 0 Å². The molecule has 1 aliphatic rings. The van der Waals surface area contributed by atoms with Crippen LogP contribution in [0.1, 0.15) is 52.4 Å². The minimum atomic E-state index is -0.169. The first-order valence-electron chi connectivity index (χ1n) is 7.63. The summed E-state index contributed by atoms with van der Waals surface area (Å²) >= 11 is 0. The van der Waals surface area contributed by atoms with Crippen LogP contribution in [0, 0.1) is 0 Å². The van der Waals surface area contributed by atoms with Gasteiger partial charge >= 0.3 is 0 Å². The van der Waals surface area contributed by atoms with Crippen molar-refractivity contribution in [1.29, 1.82) is 0 Å². The van der Waals surface area contributed by atoms with E-state index in [0.717, 1.165) is 13.0 Å². The van der Waals surface area contributed by atoms with Gasteiger partial charge in [0.2, 0.25) is 0 Å². The number of likely N-dealkylation sites (tertiary alicyclic amines) is 1. The van der Waals surface area contributed by atoms with Crippen molar-refractivity contribution in [2.45, 2.75) is 70.2 Å². The van der Waals surface area contributed by atoms with Gasteiger partial charge in [0.1, 0.15) is 0 Å². The van der Waals surface area contributed by atoms with E-state index in [4.69, 9.17) is 15.2 Å². The maximum atomic E-state index is 6.10. The topological polar surface area (TPSA) is 47.7 Å². The van der Waals surface area contributed by atoms with E-state index >= 15 is 0 Å². The van der Waals surface area contributed by atoms with Gasteiger partial charge in [-0.25, -0.2) is 0 Å². The molecule has 0 radical (unpaired) electrons. The van der Waals surface area contributed by atoms with E-state index in [-0.39, 0.29) is 11.8 Å². The number of nitrogens with zero attached hydrogens (tertiary/aromatic N) is 1. The monoisotopic (exact) mass is 272 g/mol. The Morgan fingerprint density at radius 1 is 1.32 bits per heavy atom. The molecular weight excluding hydrogens is 240 g/mol. The Morgan fingerprint density at radius 3 is 2.53 bits per heavy atom. The molecule has 19 heavy (non-hydrogen) atoms. The maximum Gasteiger partial charge on any atom is 0.158 e. The van der Waals surface area contributed by atoms with Crippen molar-refractivity contribution in [3.05, 3.63) is 0 Å². The molecular formula is C15H32N2O2. The SMILES string of the molecule is CCCC1CCCCN1C(C)(CN)CC(OC)OC. The van der Waals surface area contributed by atoms with Gasteiger partial charge in [-0.1, -0.05) is 19.8 Å². The average Bonchev–Trinajstić information content (AvgIpc) is 2.45. The molecule has 2 atom stereocenters. The van der Waals surface area contributed by atoms with Crippen molar-refractivity contribution in [1.82, 2.24) is 4.90 Å². The normalized spacial score (nSPS) is 24.6. The Morgan fingerprint density at radius 2 is 2.00 bits per heavy atom. The summed E-state index contributed by atoms with van der Waals surface area (Å²) in [6, 6.07) is 0.668. The number of nitrogens with two attached hydrogens (primary N) is 1. The molecule has 1 saturated heterocycles. The summed E-state index contributed by atoms with van der Waals surface area (Å²) in [5, 5.41) is 0. The first-order valence-corrected chi connectivity index (χ1v) is 7.63. The fourth-order valence-electron chi connectivity index (χ4n) is 3.28. The van der Waals surface area contributed by atoms with E-state index < -0.39 is 0 Å². The highest BCUT2D eigenvalue weighted by Crippen LogP contribution is 2.31. The van der Waals surface area contributed by atoms with Crippen molar-refractivity contribution in [3.63, 3.8) is 0 Å². The highest BCUT2D eigenvalue weighted by molar-refractivity contribution is 4.93. The third kappa shape index (κ3) is 4.42. The summed E-state index contributed by atoms with van der Waals surface area (Å²) in [7, 11) is 3.40. The highest BCUT2D eigenvalue weighted by Gasteiger charge is 2.38. The first-order chi connectivity index (χ1) is 9.11. The minimum absolute atomic E-state index is 0.0308. The highest BCUT2D eigenvalue weighted by atomic mass is 16.7. The molecule has 1 heterocycles. The maximum absolute atomic E-state index is 6.10. The fourth-order valence-corrected chi connectivity index (χ4v) is 3.28. The van der Waals surface area contributed by atoms with Crippen LogP contribution in [0.5, 0.6) is 0 Å². The van der Waals surface area contributed by atoms with Crippen LogP contribution < -0.4 is 5.73 Å². The zero-order chi connectivity index (χ0) is 14.3. The third-order valence-electron chi connectivity index (χ3n) is 4.51. The van der Waals surface area contributed by atoms with Gasteiger partial charge in [0.25, 0.3) is 0 Å². The second kappa shape index (κ2) is 8.20. The van der Waals surface area contributed by atoms with Crippen LogP contribution in [0.2, 0.25) is 0 Å². The molecule has 0 aliphatic carbocycles. The lowest BCUT2D eigenvalue weighted by Gasteiger charge is -2.48. The summed E-state index contributed by atoms with van der Waals surface area (Å²) in [5.41, 5.74) is 6.07. The van der Waals surface area contributed by atoms with Crippen LogP contribution in [-0.2, 0) is 9.47 Å². The Kier molecular flexibility index (Phi) is 7.29. The molecule has 1 rings (SSSR count). The second-order valence-electron chi connectivity index (χ2n) is 5.94. The Labute approximate surface area is 118 Å². The van der Waals surface area contributed by atoms with Crippen LogP contribution in [0.4, 0.5) is 0 Å². The molecule has 0 saturated carbocycles. The molecule has 1 fully saturated rings. The van der Waals surface area contributed by atoms with Crippen LogP contribution in [0.3, 0.4) is 0 Å². The third-order valence-corrected chi connectivity index (χ3v) is 4.51. The van der Waals surface area contributed by atoms with E-state index in [2.05, 4.69) is 18.7 Å². The smallest absolute Gasteiger partial charge is 0.158 e. The fraction of sp³-hybridized carbons (Fsp3) is 1.00. The molecule has 0 spiro atoms. The molecule has 4 heteroatoms. The van der Waals surface area contributed by atoms with E-state index in [1.54, 1.807) is 14.2 Å². The van der Waals surface area contributed by atoms with Crippen LogP contribution in [0.25, 0.3) is 0 Å². The molecule has 2 N–H and O–H groups in total. The van der Waals surface area contributed by atoms with Crippen molar-refractivity contribution in [3.8, 4) is 0 Å². The second-order valence-corrected chi connectivity index (χ2v) is 5.94. The van der Waals surface area contributed by atoms with Crippen molar-refractivity contribution in [2.24, 2.45) is 5.73 Å². The van der Waals surface area contributed by atoms with Gasteiger partial charge in [0.05, 0.1) is 0 Å². The molecule has 0 bridgehead atoms. The number of methoxy groups -OCH3 is 2. The summed E-state index contributed by atoms with van der Waals surface area (Å²) < 4.78 is 10.8. The van der Waals surface area contributed by atoms with Crippen LogP contribution in [-0.4, -0.2) is 50.1 Å².